The maximum Gasteiger partial charge on any atom is 0.289 e. The van der Waals surface area contributed by atoms with Crippen LogP contribution >= 0.6 is 23.1 Å². The second-order valence-electron chi connectivity index (χ2n) is 9.17. The van der Waals surface area contributed by atoms with E-state index in [4.69, 9.17) is 14.1 Å². The van der Waals surface area contributed by atoms with Crippen molar-refractivity contribution >= 4 is 39.2 Å². The first-order chi connectivity index (χ1) is 17.6. The van der Waals surface area contributed by atoms with Crippen LogP contribution in [0.3, 0.4) is 0 Å². The van der Waals surface area contributed by atoms with Gasteiger partial charge in [0.05, 0.1) is 30.0 Å². The molecule has 1 fully saturated rings. The van der Waals surface area contributed by atoms with E-state index in [0.29, 0.717) is 48.7 Å². The third-order valence-electron chi connectivity index (χ3n) is 6.83. The zero-order valence-corrected chi connectivity index (χ0v) is 21.8. The van der Waals surface area contributed by atoms with Gasteiger partial charge in [-0.1, -0.05) is 30.0 Å². The summed E-state index contributed by atoms with van der Waals surface area (Å²) in [4.78, 5) is 35.6. The van der Waals surface area contributed by atoms with Crippen LogP contribution in [-0.2, 0) is 23.3 Å². The van der Waals surface area contributed by atoms with E-state index in [2.05, 4.69) is 0 Å². The van der Waals surface area contributed by atoms with Gasteiger partial charge in [-0.15, -0.1) is 11.3 Å². The van der Waals surface area contributed by atoms with Crippen molar-refractivity contribution in [3.63, 3.8) is 0 Å². The van der Waals surface area contributed by atoms with Gasteiger partial charge < -0.3 is 14.1 Å². The topological polar surface area (TPSA) is 77.6 Å². The summed E-state index contributed by atoms with van der Waals surface area (Å²) in [6, 6.07) is 11.5. The van der Waals surface area contributed by atoms with Gasteiger partial charge in [-0.2, -0.15) is 0 Å². The molecule has 6 rings (SSSR count). The predicted molar refractivity (Wildman–Crippen MR) is 142 cm³/mol. The minimum absolute atomic E-state index is 0.00108. The lowest BCUT2D eigenvalue weighted by molar-refractivity contribution is 0.0282. The highest BCUT2D eigenvalue weighted by atomic mass is 32.2. The number of rotatable bonds is 5. The number of hydrogen-bond donors (Lipinski definition) is 0. The molecule has 7 nitrogen and oxygen atoms in total. The molecule has 2 aliphatic rings. The predicted octanol–water partition coefficient (Wildman–Crippen LogP) is 4.99. The number of aryl methyl sites for hydroxylation is 3. The van der Waals surface area contributed by atoms with Crippen LogP contribution in [0, 0.1) is 6.92 Å². The van der Waals surface area contributed by atoms with Gasteiger partial charge in [0.15, 0.2) is 10.9 Å². The summed E-state index contributed by atoms with van der Waals surface area (Å²) in [6.07, 6.45) is 4.24. The van der Waals surface area contributed by atoms with Crippen molar-refractivity contribution in [1.29, 1.82) is 0 Å². The van der Waals surface area contributed by atoms with E-state index in [1.807, 2.05) is 37.3 Å². The maximum absolute atomic E-state index is 13.9. The molecular weight excluding hydrogens is 494 g/mol. The van der Waals surface area contributed by atoms with Gasteiger partial charge in [0.1, 0.15) is 10.6 Å². The molecule has 0 unspecified atom stereocenters. The Labute approximate surface area is 217 Å². The quantitative estimate of drug-likeness (QED) is 0.272. The number of nitrogens with zero attached hydrogens (tertiary/aromatic N) is 3. The number of benzene rings is 1. The highest BCUT2D eigenvalue weighted by molar-refractivity contribution is 7.98. The highest BCUT2D eigenvalue weighted by Crippen LogP contribution is 2.36. The van der Waals surface area contributed by atoms with Gasteiger partial charge in [0.2, 0.25) is 0 Å². The van der Waals surface area contributed by atoms with Crippen LogP contribution in [0.4, 0.5) is 0 Å². The van der Waals surface area contributed by atoms with E-state index in [1.165, 1.54) is 22.2 Å². The molecule has 0 spiro atoms. The van der Waals surface area contributed by atoms with Gasteiger partial charge >= 0.3 is 0 Å². The molecule has 4 aromatic rings. The number of hydrogen-bond acceptors (Lipinski definition) is 7. The highest BCUT2D eigenvalue weighted by Gasteiger charge is 2.24. The minimum Gasteiger partial charge on any atom is -0.455 e. The Kier molecular flexibility index (Phi) is 6.45. The van der Waals surface area contributed by atoms with Crippen LogP contribution in [0.1, 0.15) is 45.2 Å². The summed E-state index contributed by atoms with van der Waals surface area (Å²) in [5.41, 5.74) is 3.05. The molecule has 186 valence electrons. The van der Waals surface area contributed by atoms with Gasteiger partial charge in [-0.3, -0.25) is 14.2 Å². The van der Waals surface area contributed by atoms with Crippen LogP contribution in [0.15, 0.2) is 50.8 Å². The smallest absolute Gasteiger partial charge is 0.289 e. The number of carbonyl (C=O) groups excluding carboxylic acids is 1. The Morgan fingerprint density at radius 3 is 2.75 bits per heavy atom. The Morgan fingerprint density at radius 2 is 1.92 bits per heavy atom. The normalized spacial score (nSPS) is 15.9. The van der Waals surface area contributed by atoms with Gasteiger partial charge in [0, 0.05) is 18.0 Å². The first-order valence-corrected chi connectivity index (χ1v) is 14.1. The fraction of sp³-hybridized carbons (Fsp3) is 0.370. The number of amides is 1. The van der Waals surface area contributed by atoms with E-state index in [-0.39, 0.29) is 11.5 Å². The average Bonchev–Trinajstić information content (AvgIpc) is 3.53. The molecular formula is C27H27N3O4S2. The zero-order valence-electron chi connectivity index (χ0n) is 20.1. The van der Waals surface area contributed by atoms with Crippen LogP contribution in [0.5, 0.6) is 0 Å². The van der Waals surface area contributed by atoms with E-state index < -0.39 is 0 Å². The summed E-state index contributed by atoms with van der Waals surface area (Å²) in [5, 5.41) is 1.41. The standard InChI is InChI=1S/C27H27N3O4S2/c1-17-6-2-4-8-20(17)30-26(32)23-19-7-3-5-9-22(19)36-24(23)28-27(30)35-16-18-10-11-21(34-18)25(31)29-12-14-33-15-13-29/h2,4,6,8,10-11H,3,5,7,9,12-16H2,1H3. The fourth-order valence-corrected chi connectivity index (χ4v) is 7.14. The Bertz CT molecular complexity index is 1500. The molecule has 1 amide bonds. The summed E-state index contributed by atoms with van der Waals surface area (Å²) in [5.74, 6) is 1.35. The molecule has 0 N–H and O–H groups in total. The number of para-hydroxylation sites is 1. The summed E-state index contributed by atoms with van der Waals surface area (Å²) >= 11 is 3.12. The molecule has 4 heterocycles. The maximum atomic E-state index is 13.9. The minimum atomic E-state index is -0.116. The molecule has 1 aliphatic carbocycles. The first kappa shape index (κ1) is 23.5. The number of fused-ring (bicyclic) bond motifs is 3. The van der Waals surface area contributed by atoms with E-state index in [9.17, 15) is 9.59 Å². The van der Waals surface area contributed by atoms with E-state index >= 15 is 0 Å². The molecule has 1 aromatic carbocycles. The lowest BCUT2D eigenvalue weighted by Crippen LogP contribution is -2.40. The lowest BCUT2D eigenvalue weighted by Gasteiger charge is -2.25. The van der Waals surface area contributed by atoms with Crippen molar-refractivity contribution in [2.24, 2.45) is 0 Å². The number of morpholine rings is 1. The zero-order chi connectivity index (χ0) is 24.6. The van der Waals surface area contributed by atoms with Crippen LogP contribution < -0.4 is 5.56 Å². The summed E-state index contributed by atoms with van der Waals surface area (Å²) in [7, 11) is 0. The Morgan fingerprint density at radius 1 is 1.11 bits per heavy atom. The lowest BCUT2D eigenvalue weighted by atomic mass is 9.97. The number of furan rings is 1. The first-order valence-electron chi connectivity index (χ1n) is 12.3. The van der Waals surface area contributed by atoms with Crippen molar-refractivity contribution in [1.82, 2.24) is 14.5 Å². The molecule has 0 saturated carbocycles. The molecule has 0 atom stereocenters. The van der Waals surface area contributed by atoms with Crippen molar-refractivity contribution in [3.8, 4) is 5.69 Å². The Hall–Kier alpha value is -2.88. The molecule has 3 aromatic heterocycles. The van der Waals surface area contributed by atoms with Crippen molar-refractivity contribution in [2.75, 3.05) is 26.3 Å². The van der Waals surface area contributed by atoms with Gasteiger partial charge in [0.25, 0.3) is 11.5 Å². The third-order valence-corrected chi connectivity index (χ3v) is 8.98. The van der Waals surface area contributed by atoms with Gasteiger partial charge in [-0.05, 0) is 61.9 Å². The average molecular weight is 522 g/mol. The number of carbonyl (C=O) groups is 1. The molecule has 36 heavy (non-hydrogen) atoms. The second-order valence-corrected chi connectivity index (χ2v) is 11.2. The summed E-state index contributed by atoms with van der Waals surface area (Å²) < 4.78 is 13.0. The van der Waals surface area contributed by atoms with Crippen LogP contribution in [-0.4, -0.2) is 46.7 Å². The van der Waals surface area contributed by atoms with Gasteiger partial charge in [-0.25, -0.2) is 4.98 Å². The molecule has 0 radical (unpaired) electrons. The van der Waals surface area contributed by atoms with E-state index in [0.717, 1.165) is 47.2 Å². The number of aromatic nitrogens is 2. The summed E-state index contributed by atoms with van der Waals surface area (Å²) in [6.45, 7) is 4.25. The molecule has 1 aliphatic heterocycles. The third kappa shape index (κ3) is 4.29. The SMILES string of the molecule is Cc1ccccc1-n1c(SCc2ccc(C(=O)N3CCOCC3)o2)nc2sc3c(c2c1=O)CCCC3. The number of thiophene rings is 1. The molecule has 9 heteroatoms. The van der Waals surface area contributed by atoms with Crippen LogP contribution in [0.25, 0.3) is 15.9 Å². The van der Waals surface area contributed by atoms with Crippen molar-refractivity contribution < 1.29 is 13.9 Å². The van der Waals surface area contributed by atoms with Crippen LogP contribution in [0.2, 0.25) is 0 Å². The van der Waals surface area contributed by atoms with Crippen molar-refractivity contribution in [2.45, 2.75) is 43.5 Å². The largest absolute Gasteiger partial charge is 0.455 e. The number of thioether (sulfide) groups is 1. The molecule has 0 bridgehead atoms. The second kappa shape index (κ2) is 9.88. The monoisotopic (exact) mass is 521 g/mol. The molecule has 1 saturated heterocycles. The van der Waals surface area contributed by atoms with Crippen molar-refractivity contribution in [3.05, 3.63) is 74.3 Å². The van der Waals surface area contributed by atoms with E-state index in [1.54, 1.807) is 26.9 Å². The Balaban J connectivity index is 1.35. The number of ether oxygens (including phenoxy) is 1. The fourth-order valence-electron chi connectivity index (χ4n) is 4.94.